The smallest absolute Gasteiger partial charge is 0.269 e. The maximum Gasteiger partial charge on any atom is 0.269 e. The lowest BCUT2D eigenvalue weighted by molar-refractivity contribution is -0.384. The van der Waals surface area contributed by atoms with Crippen molar-refractivity contribution in [3.05, 3.63) is 34.4 Å². The predicted molar refractivity (Wildman–Crippen MR) is 75.0 cm³/mol. The summed E-state index contributed by atoms with van der Waals surface area (Å²) in [6.45, 7) is 7.31. The van der Waals surface area contributed by atoms with Crippen LogP contribution in [0.5, 0.6) is 5.75 Å². The monoisotopic (exact) mass is 280 g/mol. The van der Waals surface area contributed by atoms with E-state index in [9.17, 15) is 10.1 Å². The summed E-state index contributed by atoms with van der Waals surface area (Å²) in [5.74, 6) is 0.626. The van der Waals surface area contributed by atoms with Gasteiger partial charge in [-0.15, -0.1) is 0 Å². The Morgan fingerprint density at radius 2 is 2.15 bits per heavy atom. The zero-order valence-electron chi connectivity index (χ0n) is 11.8. The molecule has 6 heteroatoms. The quantitative estimate of drug-likeness (QED) is 0.610. The number of morpholine rings is 1. The van der Waals surface area contributed by atoms with Crippen LogP contribution < -0.4 is 4.74 Å². The first-order valence-electron chi connectivity index (χ1n) is 6.79. The Balaban J connectivity index is 1.84. The van der Waals surface area contributed by atoms with Crippen LogP contribution in [0.3, 0.4) is 0 Å². The van der Waals surface area contributed by atoms with Crippen molar-refractivity contribution in [1.82, 2.24) is 4.90 Å². The molecule has 0 aromatic heterocycles. The molecule has 1 atom stereocenters. The van der Waals surface area contributed by atoms with Crippen molar-refractivity contribution >= 4 is 5.69 Å². The topological polar surface area (TPSA) is 64.8 Å². The van der Waals surface area contributed by atoms with E-state index in [0.717, 1.165) is 13.1 Å². The van der Waals surface area contributed by atoms with E-state index in [2.05, 4.69) is 18.7 Å². The fraction of sp³-hybridized carbons (Fsp3) is 0.571. The maximum atomic E-state index is 10.6. The number of hydrogen-bond donors (Lipinski definition) is 0. The Morgan fingerprint density at radius 3 is 2.75 bits per heavy atom. The summed E-state index contributed by atoms with van der Waals surface area (Å²) in [6.07, 6.45) is 0.0429. The molecule has 0 unspecified atom stereocenters. The predicted octanol–water partition coefficient (Wildman–Crippen LogP) is 2.08. The van der Waals surface area contributed by atoms with Crippen LogP contribution in [0.15, 0.2) is 24.3 Å². The molecule has 0 bridgehead atoms. The van der Waals surface area contributed by atoms with Crippen LogP contribution in [0.25, 0.3) is 0 Å². The third kappa shape index (κ3) is 3.91. The summed E-state index contributed by atoms with van der Waals surface area (Å²) in [4.78, 5) is 12.5. The van der Waals surface area contributed by atoms with Crippen molar-refractivity contribution in [3.63, 3.8) is 0 Å². The van der Waals surface area contributed by atoms with Gasteiger partial charge in [-0.1, -0.05) is 0 Å². The minimum Gasteiger partial charge on any atom is -0.491 e. The van der Waals surface area contributed by atoms with Crippen molar-refractivity contribution in [3.8, 4) is 5.75 Å². The molecular formula is C14H20N2O4. The zero-order chi connectivity index (χ0) is 14.5. The fourth-order valence-electron chi connectivity index (χ4n) is 2.17. The van der Waals surface area contributed by atoms with Gasteiger partial charge in [0.15, 0.2) is 0 Å². The summed E-state index contributed by atoms with van der Waals surface area (Å²) in [5.41, 5.74) is 0.0669. The lowest BCUT2D eigenvalue weighted by Gasteiger charge is -2.35. The van der Waals surface area contributed by atoms with Gasteiger partial charge in [-0.2, -0.15) is 0 Å². The van der Waals surface area contributed by atoms with Crippen molar-refractivity contribution in [2.45, 2.75) is 26.0 Å². The normalized spacial score (nSPS) is 20.1. The van der Waals surface area contributed by atoms with Crippen molar-refractivity contribution < 1.29 is 14.4 Å². The number of hydrogen-bond acceptors (Lipinski definition) is 5. The van der Waals surface area contributed by atoms with Crippen molar-refractivity contribution in [1.29, 1.82) is 0 Å². The van der Waals surface area contributed by atoms with Gasteiger partial charge in [-0.25, -0.2) is 0 Å². The van der Waals surface area contributed by atoms with E-state index in [4.69, 9.17) is 9.47 Å². The Hall–Kier alpha value is -1.66. The van der Waals surface area contributed by atoms with Crippen molar-refractivity contribution in [2.24, 2.45) is 0 Å². The highest BCUT2D eigenvalue weighted by molar-refractivity contribution is 5.35. The Morgan fingerprint density at radius 1 is 1.45 bits per heavy atom. The molecule has 6 nitrogen and oxygen atoms in total. The molecule has 0 saturated carbocycles. The number of nitrogens with zero attached hydrogens (tertiary/aromatic N) is 2. The molecule has 1 aliphatic heterocycles. The summed E-state index contributed by atoms with van der Waals surface area (Å²) < 4.78 is 11.3. The molecule has 1 aromatic carbocycles. The van der Waals surface area contributed by atoms with E-state index in [1.807, 2.05) is 0 Å². The van der Waals surface area contributed by atoms with E-state index >= 15 is 0 Å². The van der Waals surface area contributed by atoms with Gasteiger partial charge < -0.3 is 9.47 Å². The van der Waals surface area contributed by atoms with E-state index in [1.54, 1.807) is 12.1 Å². The molecule has 1 fully saturated rings. The first kappa shape index (κ1) is 14.7. The first-order chi connectivity index (χ1) is 9.56. The Bertz CT molecular complexity index is 447. The number of rotatable bonds is 5. The number of nitro benzene ring substituents is 1. The van der Waals surface area contributed by atoms with Crippen LogP contribution in [0, 0.1) is 10.1 Å². The van der Waals surface area contributed by atoms with E-state index < -0.39 is 4.92 Å². The SMILES string of the molecule is CC(C)N1CCO[C@@H](COc2ccc([N+](=O)[O-])cc2)C1. The summed E-state index contributed by atoms with van der Waals surface area (Å²) >= 11 is 0. The zero-order valence-corrected chi connectivity index (χ0v) is 11.8. The highest BCUT2D eigenvalue weighted by Crippen LogP contribution is 2.18. The summed E-state index contributed by atoms with van der Waals surface area (Å²) in [5, 5.41) is 10.6. The maximum absolute atomic E-state index is 10.6. The van der Waals surface area contributed by atoms with Crippen LogP contribution in [-0.4, -0.2) is 48.3 Å². The highest BCUT2D eigenvalue weighted by Gasteiger charge is 2.22. The molecule has 0 amide bonds. The molecule has 0 radical (unpaired) electrons. The molecule has 0 N–H and O–H groups in total. The highest BCUT2D eigenvalue weighted by atomic mass is 16.6. The lowest BCUT2D eigenvalue weighted by atomic mass is 10.2. The molecule has 1 saturated heterocycles. The van der Waals surface area contributed by atoms with Gasteiger partial charge in [-0.05, 0) is 26.0 Å². The van der Waals surface area contributed by atoms with E-state index in [-0.39, 0.29) is 11.8 Å². The van der Waals surface area contributed by atoms with Crippen molar-refractivity contribution in [2.75, 3.05) is 26.3 Å². The molecular weight excluding hydrogens is 260 g/mol. The van der Waals surface area contributed by atoms with Gasteiger partial charge in [0.25, 0.3) is 5.69 Å². The number of nitro groups is 1. The largest absolute Gasteiger partial charge is 0.491 e. The second-order valence-electron chi connectivity index (χ2n) is 5.14. The molecule has 0 aliphatic carbocycles. The second-order valence-corrected chi connectivity index (χ2v) is 5.14. The minimum atomic E-state index is -0.422. The minimum absolute atomic E-state index is 0.0429. The number of non-ortho nitro benzene ring substituents is 1. The van der Waals surface area contributed by atoms with Gasteiger partial charge >= 0.3 is 0 Å². The van der Waals surface area contributed by atoms with Gasteiger partial charge in [0.2, 0.25) is 0 Å². The molecule has 0 spiro atoms. The number of benzene rings is 1. The molecule has 1 heterocycles. The van der Waals surface area contributed by atoms with Crippen LogP contribution >= 0.6 is 0 Å². The fourth-order valence-corrected chi connectivity index (χ4v) is 2.17. The molecule has 1 aliphatic rings. The first-order valence-corrected chi connectivity index (χ1v) is 6.79. The average Bonchev–Trinajstić information content (AvgIpc) is 2.46. The third-order valence-corrected chi connectivity index (χ3v) is 3.38. The molecule has 20 heavy (non-hydrogen) atoms. The third-order valence-electron chi connectivity index (χ3n) is 3.38. The van der Waals surface area contributed by atoms with E-state index in [1.165, 1.54) is 12.1 Å². The lowest BCUT2D eigenvalue weighted by Crippen LogP contribution is -2.47. The van der Waals surface area contributed by atoms with Crippen LogP contribution in [0.4, 0.5) is 5.69 Å². The van der Waals surface area contributed by atoms with E-state index in [0.29, 0.717) is 25.0 Å². The molecule has 110 valence electrons. The molecule has 2 rings (SSSR count). The van der Waals surface area contributed by atoms with Gasteiger partial charge in [0.1, 0.15) is 18.5 Å². The molecule has 1 aromatic rings. The van der Waals surface area contributed by atoms with Crippen LogP contribution in [0.1, 0.15) is 13.8 Å². The van der Waals surface area contributed by atoms with Gasteiger partial charge in [0.05, 0.1) is 11.5 Å². The summed E-state index contributed by atoms with van der Waals surface area (Å²) in [7, 11) is 0. The average molecular weight is 280 g/mol. The standard InChI is InChI=1S/C14H20N2O4/c1-11(2)15-7-8-19-14(9-15)10-20-13-5-3-12(4-6-13)16(17)18/h3-6,11,14H,7-10H2,1-2H3/t14-/m1/s1. The number of ether oxygens (including phenoxy) is 2. The Kier molecular flexibility index (Phi) is 4.92. The second kappa shape index (κ2) is 6.67. The van der Waals surface area contributed by atoms with Gasteiger partial charge in [-0.3, -0.25) is 15.0 Å². The Labute approximate surface area is 118 Å². The van der Waals surface area contributed by atoms with Crippen LogP contribution in [-0.2, 0) is 4.74 Å². The summed E-state index contributed by atoms with van der Waals surface area (Å²) in [6, 6.07) is 6.61. The van der Waals surface area contributed by atoms with Crippen LogP contribution in [0.2, 0.25) is 0 Å². The van der Waals surface area contributed by atoms with Gasteiger partial charge in [0, 0.05) is 31.3 Å².